The summed E-state index contributed by atoms with van der Waals surface area (Å²) >= 11 is 0. The average Bonchev–Trinajstić information content (AvgIpc) is 3.23. The Morgan fingerprint density at radius 3 is 1.38 bits per heavy atom. The second-order valence-corrected chi connectivity index (χ2v) is 18.6. The summed E-state index contributed by atoms with van der Waals surface area (Å²) in [7, 11) is 8.50. The Kier molecular flexibility index (Phi) is 14.0. The van der Waals surface area contributed by atoms with Crippen LogP contribution in [0.4, 0.5) is 0 Å². The second kappa shape index (κ2) is 18.7. The third kappa shape index (κ3) is 9.75. The second-order valence-electron chi connectivity index (χ2n) is 18.6. The molecule has 8 unspecified atom stereocenters. The van der Waals surface area contributed by atoms with E-state index >= 15 is 0 Å². The Balaban J connectivity index is 0.000000203. The minimum absolute atomic E-state index is 0.0781. The van der Waals surface area contributed by atoms with Crippen molar-refractivity contribution < 1.29 is 10.2 Å². The molecular weight excluding hydrogens is 709 g/mol. The van der Waals surface area contributed by atoms with Crippen LogP contribution < -0.4 is 0 Å². The van der Waals surface area contributed by atoms with Gasteiger partial charge in [-0.15, -0.1) is 6.58 Å². The van der Waals surface area contributed by atoms with E-state index in [4.69, 9.17) is 0 Å². The first-order valence-corrected chi connectivity index (χ1v) is 21.5. The van der Waals surface area contributed by atoms with Crippen LogP contribution in [0.3, 0.4) is 0 Å². The largest absolute Gasteiger partial charge is 0.385 e. The van der Waals surface area contributed by atoms with Gasteiger partial charge in [0.15, 0.2) is 0 Å². The lowest BCUT2D eigenvalue weighted by Crippen LogP contribution is -2.47. The number of hydrogen-bond acceptors (Lipinski definition) is 4. The molecule has 306 valence electrons. The molecule has 0 aromatic heterocycles. The highest BCUT2D eigenvalue weighted by Crippen LogP contribution is 2.53. The Hall–Kier alpha value is -4.32. The molecule has 2 N–H and O–H groups in total. The first kappa shape index (κ1) is 43.3. The molecule has 0 aliphatic heterocycles. The number of aliphatic hydroxyl groups is 2. The molecule has 8 atom stereocenters. The smallest absolute Gasteiger partial charge is 0.0943 e. The summed E-state index contributed by atoms with van der Waals surface area (Å²) in [5, 5.41) is 23.8. The molecule has 0 spiro atoms. The molecule has 2 saturated carbocycles. The zero-order valence-corrected chi connectivity index (χ0v) is 36.1. The maximum atomic E-state index is 12.4. The minimum atomic E-state index is -0.869. The van der Waals surface area contributed by atoms with E-state index < -0.39 is 11.2 Å². The number of rotatable bonds is 10. The van der Waals surface area contributed by atoms with Crippen LogP contribution in [0, 0.1) is 11.8 Å². The fourth-order valence-electron chi connectivity index (χ4n) is 10.2. The summed E-state index contributed by atoms with van der Waals surface area (Å²) in [4.78, 5) is 4.53. The van der Waals surface area contributed by atoms with Crippen molar-refractivity contribution in [2.45, 2.75) is 99.8 Å². The van der Waals surface area contributed by atoms with Crippen LogP contribution in [-0.4, -0.2) is 53.8 Å². The van der Waals surface area contributed by atoms with Crippen molar-refractivity contribution in [3.63, 3.8) is 0 Å². The van der Waals surface area contributed by atoms with E-state index in [0.29, 0.717) is 11.8 Å². The van der Waals surface area contributed by atoms with Gasteiger partial charge >= 0.3 is 0 Å². The number of hydrogen-bond donors (Lipinski definition) is 2. The van der Waals surface area contributed by atoms with Crippen LogP contribution in [0.2, 0.25) is 0 Å². The van der Waals surface area contributed by atoms with Gasteiger partial charge in [-0.3, -0.25) is 0 Å². The zero-order valence-electron chi connectivity index (χ0n) is 36.1. The lowest BCUT2D eigenvalue weighted by molar-refractivity contribution is -0.0886. The molecule has 0 bridgehead atoms. The minimum Gasteiger partial charge on any atom is -0.385 e. The van der Waals surface area contributed by atoms with Crippen LogP contribution in [0.15, 0.2) is 158 Å². The molecule has 4 nitrogen and oxygen atoms in total. The number of nitrogens with zero attached hydrogens (tertiary/aromatic N) is 2. The average molecular weight is 777 g/mol. The summed E-state index contributed by atoms with van der Waals surface area (Å²) in [6.45, 7) is 10.7. The van der Waals surface area contributed by atoms with Gasteiger partial charge in [0.25, 0.3) is 0 Å². The molecule has 0 radical (unpaired) electrons. The monoisotopic (exact) mass is 777 g/mol. The third-order valence-corrected chi connectivity index (χ3v) is 13.4. The first-order chi connectivity index (χ1) is 27.7. The molecule has 58 heavy (non-hydrogen) atoms. The molecular formula is C54H68N2O2. The molecule has 5 aromatic carbocycles. The molecule has 0 saturated heterocycles. The molecule has 5 aromatic rings. The Labute approximate surface area is 350 Å². The summed E-state index contributed by atoms with van der Waals surface area (Å²) in [5.74, 6) is 1.13. The van der Waals surface area contributed by atoms with Crippen molar-refractivity contribution in [3.05, 3.63) is 192 Å². The molecule has 7 rings (SSSR count). The van der Waals surface area contributed by atoms with Crippen molar-refractivity contribution in [1.82, 2.24) is 9.80 Å². The predicted octanol–water partition coefficient (Wildman–Crippen LogP) is 11.8. The van der Waals surface area contributed by atoms with Gasteiger partial charge < -0.3 is 20.0 Å². The highest BCUT2D eigenvalue weighted by Gasteiger charge is 2.49. The van der Waals surface area contributed by atoms with Gasteiger partial charge in [0.2, 0.25) is 0 Å². The Morgan fingerprint density at radius 2 is 0.966 bits per heavy atom. The van der Waals surface area contributed by atoms with Crippen LogP contribution in [0.5, 0.6) is 0 Å². The quantitative estimate of drug-likeness (QED) is 0.139. The SMILES string of the molecule is C=CC1(O)CCC(c2ccccc2)CC1C(c1ccccc1)N(C)C.CN(C)C(c1ccccc1)C1CC(c2ccccc2)CCC1(O)c1ccc(C(C)(C)C)cc1. The van der Waals surface area contributed by atoms with Gasteiger partial charge in [-0.25, -0.2) is 0 Å². The molecule has 2 aliphatic carbocycles. The van der Waals surface area contributed by atoms with Crippen molar-refractivity contribution in [2.75, 3.05) is 28.2 Å². The van der Waals surface area contributed by atoms with E-state index in [0.717, 1.165) is 44.1 Å². The summed E-state index contributed by atoms with van der Waals surface area (Å²) < 4.78 is 0. The fourth-order valence-corrected chi connectivity index (χ4v) is 10.2. The third-order valence-electron chi connectivity index (χ3n) is 13.4. The van der Waals surface area contributed by atoms with Crippen molar-refractivity contribution in [1.29, 1.82) is 0 Å². The topological polar surface area (TPSA) is 46.9 Å². The van der Waals surface area contributed by atoms with E-state index in [1.54, 1.807) is 6.08 Å². The highest BCUT2D eigenvalue weighted by atomic mass is 16.3. The van der Waals surface area contributed by atoms with E-state index in [1.807, 2.05) is 6.07 Å². The normalized spacial score (nSPS) is 26.0. The Morgan fingerprint density at radius 1 is 0.569 bits per heavy atom. The molecule has 4 heteroatoms. The van der Waals surface area contributed by atoms with Gasteiger partial charge in [0.1, 0.15) is 0 Å². The fraction of sp³-hybridized carbons (Fsp3) is 0.407. The van der Waals surface area contributed by atoms with Crippen LogP contribution in [0.1, 0.15) is 117 Å². The highest BCUT2D eigenvalue weighted by molar-refractivity contribution is 5.35. The number of benzene rings is 5. The predicted molar refractivity (Wildman–Crippen MR) is 243 cm³/mol. The van der Waals surface area contributed by atoms with Crippen LogP contribution in [-0.2, 0) is 11.0 Å². The van der Waals surface area contributed by atoms with E-state index in [-0.39, 0.29) is 29.3 Å². The van der Waals surface area contributed by atoms with Gasteiger partial charge in [0.05, 0.1) is 11.2 Å². The maximum absolute atomic E-state index is 12.4. The zero-order chi connectivity index (χ0) is 41.5. The van der Waals surface area contributed by atoms with Crippen molar-refractivity contribution >= 4 is 0 Å². The van der Waals surface area contributed by atoms with Crippen molar-refractivity contribution in [2.24, 2.45) is 11.8 Å². The van der Waals surface area contributed by atoms with Gasteiger partial charge in [-0.05, 0) is 117 Å². The van der Waals surface area contributed by atoms with Gasteiger partial charge in [-0.2, -0.15) is 0 Å². The van der Waals surface area contributed by atoms with Gasteiger partial charge in [0, 0.05) is 23.9 Å². The summed E-state index contributed by atoms with van der Waals surface area (Å²) in [6, 6.07) is 51.9. The lowest BCUT2D eigenvalue weighted by Gasteiger charge is -2.49. The maximum Gasteiger partial charge on any atom is 0.0943 e. The lowest BCUT2D eigenvalue weighted by atomic mass is 9.62. The van der Waals surface area contributed by atoms with Crippen LogP contribution >= 0.6 is 0 Å². The molecule has 0 amide bonds. The molecule has 0 heterocycles. The van der Waals surface area contributed by atoms with Crippen molar-refractivity contribution in [3.8, 4) is 0 Å². The standard InChI is InChI=1S/C31H39NO.C23H29NO/c1-30(2,3)26-16-18-27(19-17-26)31(33)21-20-25(23-12-8-6-9-13-23)22-28(31)29(32(4)5)24-14-10-7-11-15-24;1-4-23(25)16-15-20(18-11-7-5-8-12-18)17-21(23)22(24(2)3)19-13-9-6-10-14-19/h6-19,25,28-29,33H,20-22H2,1-5H3;4-14,20-22,25H,1,15-17H2,2-3H3. The van der Waals surface area contributed by atoms with E-state index in [9.17, 15) is 10.2 Å². The molecule has 2 fully saturated rings. The summed E-state index contributed by atoms with van der Waals surface area (Å²) in [6.07, 6.45) is 7.22. The molecule has 2 aliphatic rings. The van der Waals surface area contributed by atoms with E-state index in [2.05, 4.69) is 205 Å². The van der Waals surface area contributed by atoms with Gasteiger partial charge in [-0.1, -0.05) is 172 Å². The van der Waals surface area contributed by atoms with E-state index in [1.165, 1.54) is 27.8 Å². The van der Waals surface area contributed by atoms with Crippen LogP contribution in [0.25, 0.3) is 0 Å². The first-order valence-electron chi connectivity index (χ1n) is 21.5. The Bertz CT molecular complexity index is 1990. The summed E-state index contributed by atoms with van der Waals surface area (Å²) in [5.41, 5.74) is 6.05.